The van der Waals surface area contributed by atoms with Gasteiger partial charge in [0.05, 0.1) is 36.7 Å². The van der Waals surface area contributed by atoms with Crippen LogP contribution in [0.15, 0.2) is 54.7 Å². The van der Waals surface area contributed by atoms with Crippen LogP contribution in [0.25, 0.3) is 11.3 Å². The van der Waals surface area contributed by atoms with Crippen molar-refractivity contribution in [1.29, 1.82) is 0 Å². The number of carbonyl (C=O) groups excluding carboxylic acids is 1. The van der Waals surface area contributed by atoms with Gasteiger partial charge in [-0.1, -0.05) is 44.2 Å². The standard InChI is InChI=1S/C30H37N3O3/c1-4-35-25-16-12-24(13-17-25)28-20-31-30(27(32-28)18-22-8-6-5-7-9-22)33-29(34)19-23-10-14-26(15-11-23)36-21(2)3/h10-17,20-22H,4-9,18-19H2,1-3H3,(H,31,33,34). The van der Waals surface area contributed by atoms with Crippen LogP contribution in [0.4, 0.5) is 5.82 Å². The quantitative estimate of drug-likeness (QED) is 0.347. The Hall–Kier alpha value is -3.41. The van der Waals surface area contributed by atoms with E-state index in [0.717, 1.165) is 40.4 Å². The van der Waals surface area contributed by atoms with Gasteiger partial charge in [-0.2, -0.15) is 0 Å². The zero-order valence-corrected chi connectivity index (χ0v) is 21.6. The van der Waals surface area contributed by atoms with Crippen molar-refractivity contribution in [3.63, 3.8) is 0 Å². The monoisotopic (exact) mass is 487 g/mol. The molecule has 3 aromatic rings. The molecule has 1 N–H and O–H groups in total. The highest BCUT2D eigenvalue weighted by Crippen LogP contribution is 2.30. The molecule has 0 bridgehead atoms. The predicted octanol–water partition coefficient (Wildman–Crippen LogP) is 6.63. The summed E-state index contributed by atoms with van der Waals surface area (Å²) < 4.78 is 11.3. The summed E-state index contributed by atoms with van der Waals surface area (Å²) in [6, 6.07) is 15.6. The molecule has 36 heavy (non-hydrogen) atoms. The van der Waals surface area contributed by atoms with Crippen LogP contribution in [-0.4, -0.2) is 28.6 Å². The fourth-order valence-corrected chi connectivity index (χ4v) is 4.69. The van der Waals surface area contributed by atoms with Gasteiger partial charge in [-0.05, 0) is 75.1 Å². The molecule has 1 aliphatic carbocycles. The number of anilines is 1. The van der Waals surface area contributed by atoms with Crippen molar-refractivity contribution in [3.8, 4) is 22.8 Å². The molecule has 0 radical (unpaired) electrons. The van der Waals surface area contributed by atoms with Crippen LogP contribution in [0.2, 0.25) is 0 Å². The Balaban J connectivity index is 1.50. The number of nitrogens with zero attached hydrogens (tertiary/aromatic N) is 2. The minimum atomic E-state index is -0.0967. The van der Waals surface area contributed by atoms with E-state index in [1.165, 1.54) is 32.1 Å². The molecule has 0 spiro atoms. The minimum Gasteiger partial charge on any atom is -0.494 e. The zero-order valence-electron chi connectivity index (χ0n) is 21.6. The molecular weight excluding hydrogens is 450 g/mol. The highest BCUT2D eigenvalue weighted by molar-refractivity contribution is 5.92. The van der Waals surface area contributed by atoms with E-state index in [0.29, 0.717) is 18.3 Å². The summed E-state index contributed by atoms with van der Waals surface area (Å²) in [4.78, 5) is 22.6. The van der Waals surface area contributed by atoms with Crippen molar-refractivity contribution in [2.45, 2.75) is 71.8 Å². The minimum absolute atomic E-state index is 0.0967. The molecule has 2 aromatic carbocycles. The van der Waals surface area contributed by atoms with Crippen molar-refractivity contribution in [2.24, 2.45) is 5.92 Å². The molecule has 190 valence electrons. The van der Waals surface area contributed by atoms with Crippen molar-refractivity contribution in [2.75, 3.05) is 11.9 Å². The Kier molecular flexibility index (Phi) is 8.93. The molecule has 1 aliphatic rings. The topological polar surface area (TPSA) is 73.3 Å². The molecule has 0 unspecified atom stereocenters. The van der Waals surface area contributed by atoms with Gasteiger partial charge in [-0.25, -0.2) is 9.97 Å². The van der Waals surface area contributed by atoms with E-state index in [2.05, 4.69) is 10.3 Å². The van der Waals surface area contributed by atoms with Crippen molar-refractivity contribution >= 4 is 11.7 Å². The van der Waals surface area contributed by atoms with Gasteiger partial charge in [0.1, 0.15) is 11.5 Å². The largest absolute Gasteiger partial charge is 0.494 e. The lowest BCUT2D eigenvalue weighted by Gasteiger charge is -2.22. The molecular formula is C30H37N3O3. The Morgan fingerprint density at radius 2 is 1.69 bits per heavy atom. The molecule has 0 saturated heterocycles. The summed E-state index contributed by atoms with van der Waals surface area (Å²) in [5.41, 5.74) is 3.58. The fourth-order valence-electron chi connectivity index (χ4n) is 4.69. The second-order valence-corrected chi connectivity index (χ2v) is 9.75. The molecule has 6 nitrogen and oxygen atoms in total. The number of amides is 1. The normalized spacial score (nSPS) is 14.0. The van der Waals surface area contributed by atoms with E-state index in [9.17, 15) is 4.79 Å². The van der Waals surface area contributed by atoms with Gasteiger partial charge < -0.3 is 14.8 Å². The van der Waals surface area contributed by atoms with E-state index in [-0.39, 0.29) is 18.4 Å². The molecule has 6 heteroatoms. The maximum absolute atomic E-state index is 12.9. The van der Waals surface area contributed by atoms with Gasteiger partial charge in [0.15, 0.2) is 5.82 Å². The molecule has 1 aromatic heterocycles. The number of nitrogens with one attached hydrogen (secondary N) is 1. The average Bonchev–Trinajstić information content (AvgIpc) is 2.87. The highest BCUT2D eigenvalue weighted by Gasteiger charge is 2.19. The SMILES string of the molecule is CCOc1ccc(-c2cnc(NC(=O)Cc3ccc(OC(C)C)cc3)c(CC3CCCCC3)n2)cc1. The first-order valence-electron chi connectivity index (χ1n) is 13.1. The van der Waals surface area contributed by atoms with Gasteiger partial charge in [-0.3, -0.25) is 4.79 Å². The third-order valence-corrected chi connectivity index (χ3v) is 6.43. The van der Waals surface area contributed by atoms with E-state index in [1.807, 2.05) is 69.3 Å². The summed E-state index contributed by atoms with van der Waals surface area (Å²) in [5, 5.41) is 3.04. The number of benzene rings is 2. The Labute approximate surface area is 214 Å². The van der Waals surface area contributed by atoms with Gasteiger partial charge in [0.2, 0.25) is 5.91 Å². The average molecular weight is 488 g/mol. The van der Waals surface area contributed by atoms with Gasteiger partial charge >= 0.3 is 0 Å². The van der Waals surface area contributed by atoms with Crippen LogP contribution in [0, 0.1) is 5.92 Å². The Bertz CT molecular complexity index is 1120. The Morgan fingerprint density at radius 3 is 2.36 bits per heavy atom. The lowest BCUT2D eigenvalue weighted by atomic mass is 9.86. The smallest absolute Gasteiger partial charge is 0.229 e. The lowest BCUT2D eigenvalue weighted by molar-refractivity contribution is -0.115. The van der Waals surface area contributed by atoms with E-state index < -0.39 is 0 Å². The van der Waals surface area contributed by atoms with Crippen LogP contribution in [0.3, 0.4) is 0 Å². The predicted molar refractivity (Wildman–Crippen MR) is 143 cm³/mol. The number of carbonyl (C=O) groups is 1. The van der Waals surface area contributed by atoms with Gasteiger partial charge in [-0.15, -0.1) is 0 Å². The Morgan fingerprint density at radius 1 is 1.00 bits per heavy atom. The third-order valence-electron chi connectivity index (χ3n) is 6.43. The molecule has 1 fully saturated rings. The van der Waals surface area contributed by atoms with Crippen molar-refractivity contribution in [3.05, 3.63) is 66.0 Å². The lowest BCUT2D eigenvalue weighted by Crippen LogP contribution is -2.19. The maximum atomic E-state index is 12.9. The van der Waals surface area contributed by atoms with Crippen LogP contribution in [0.5, 0.6) is 11.5 Å². The van der Waals surface area contributed by atoms with Crippen molar-refractivity contribution < 1.29 is 14.3 Å². The second-order valence-electron chi connectivity index (χ2n) is 9.75. The summed E-state index contributed by atoms with van der Waals surface area (Å²) >= 11 is 0. The van der Waals surface area contributed by atoms with E-state index in [4.69, 9.17) is 14.5 Å². The fraction of sp³-hybridized carbons (Fsp3) is 0.433. The number of aromatic nitrogens is 2. The number of hydrogen-bond acceptors (Lipinski definition) is 5. The number of ether oxygens (including phenoxy) is 2. The number of hydrogen-bond donors (Lipinski definition) is 1. The molecule has 1 saturated carbocycles. The van der Waals surface area contributed by atoms with Gasteiger partial charge in [0, 0.05) is 5.56 Å². The zero-order chi connectivity index (χ0) is 25.3. The second kappa shape index (κ2) is 12.5. The molecule has 1 heterocycles. The highest BCUT2D eigenvalue weighted by atomic mass is 16.5. The number of rotatable bonds is 10. The van der Waals surface area contributed by atoms with Crippen LogP contribution >= 0.6 is 0 Å². The van der Waals surface area contributed by atoms with Gasteiger partial charge in [0.25, 0.3) is 0 Å². The first-order valence-corrected chi connectivity index (χ1v) is 13.1. The molecule has 0 atom stereocenters. The summed E-state index contributed by atoms with van der Waals surface area (Å²) in [7, 11) is 0. The first-order chi connectivity index (χ1) is 17.5. The van der Waals surface area contributed by atoms with Crippen LogP contribution in [0.1, 0.15) is 64.1 Å². The summed E-state index contributed by atoms with van der Waals surface area (Å²) in [6.45, 7) is 6.60. The molecule has 1 amide bonds. The molecule has 0 aliphatic heterocycles. The molecule has 4 rings (SSSR count). The third kappa shape index (κ3) is 7.30. The summed E-state index contributed by atoms with van der Waals surface area (Å²) in [6.07, 6.45) is 9.18. The van der Waals surface area contributed by atoms with Crippen molar-refractivity contribution in [1.82, 2.24) is 9.97 Å². The van der Waals surface area contributed by atoms with Crippen LogP contribution in [-0.2, 0) is 17.6 Å². The first kappa shape index (κ1) is 25.7. The van der Waals surface area contributed by atoms with Crippen LogP contribution < -0.4 is 14.8 Å². The van der Waals surface area contributed by atoms with E-state index in [1.54, 1.807) is 6.20 Å². The van der Waals surface area contributed by atoms with E-state index >= 15 is 0 Å². The summed E-state index contributed by atoms with van der Waals surface area (Å²) in [5.74, 6) is 2.69. The maximum Gasteiger partial charge on any atom is 0.229 e.